The van der Waals surface area contributed by atoms with Crippen LogP contribution in [0.25, 0.3) is 0 Å². The van der Waals surface area contributed by atoms with Gasteiger partial charge < -0.3 is 35.3 Å². The highest BCUT2D eigenvalue weighted by Crippen LogP contribution is 2.37. The van der Waals surface area contributed by atoms with E-state index < -0.39 is 37.0 Å². The predicted octanol–water partition coefficient (Wildman–Crippen LogP) is -0.352. The zero-order valence-electron chi connectivity index (χ0n) is 23.5. The first-order valence-corrected chi connectivity index (χ1v) is 13.6. The summed E-state index contributed by atoms with van der Waals surface area (Å²) >= 11 is 0. The van der Waals surface area contributed by atoms with E-state index >= 15 is 0 Å². The summed E-state index contributed by atoms with van der Waals surface area (Å²) in [5.41, 5.74) is 1.24. The van der Waals surface area contributed by atoms with E-state index in [9.17, 15) is 29.1 Å². The molecule has 0 bridgehead atoms. The maximum atomic E-state index is 12.4. The number of carboxylic acid groups (broad SMARTS) is 3. The van der Waals surface area contributed by atoms with Crippen LogP contribution in [0.5, 0.6) is 0 Å². The van der Waals surface area contributed by atoms with Crippen molar-refractivity contribution in [2.24, 2.45) is 5.92 Å². The maximum absolute atomic E-state index is 12.4. The van der Waals surface area contributed by atoms with E-state index in [-0.39, 0.29) is 28.6 Å². The second-order valence-electron chi connectivity index (χ2n) is 12.4. The molecule has 5 rings (SSSR count). The number of piperidine rings is 1. The number of hydrogen-bond donors (Lipinski definition) is 4. The quantitative estimate of drug-likeness (QED) is 0.202. The van der Waals surface area contributed by atoms with Crippen LogP contribution >= 0.6 is 0 Å². The average molecular weight is 562 g/mol. The van der Waals surface area contributed by atoms with Crippen LogP contribution in [0.4, 0.5) is 0 Å². The fourth-order valence-corrected chi connectivity index (χ4v) is 6.16. The number of hydrogen-bond acceptors (Lipinski definition) is 10. The molecular formula is C27H39N5O8. The van der Waals surface area contributed by atoms with Crippen molar-refractivity contribution in [2.45, 2.75) is 57.7 Å². The third kappa shape index (κ3) is 7.19. The smallest absolute Gasteiger partial charge is 0.321 e. The Bertz CT molecular complexity index is 1130. The van der Waals surface area contributed by atoms with Crippen LogP contribution in [0, 0.1) is 5.92 Å². The van der Waals surface area contributed by atoms with Crippen molar-refractivity contribution in [1.82, 2.24) is 24.9 Å². The number of nitrogens with zero attached hydrogens (tertiary/aromatic N) is 4. The summed E-state index contributed by atoms with van der Waals surface area (Å²) in [7, 11) is 0. The van der Waals surface area contributed by atoms with E-state index in [2.05, 4.69) is 5.32 Å². The van der Waals surface area contributed by atoms with Crippen LogP contribution in [0.15, 0.2) is 23.2 Å². The number of carbonyl (C=O) groups is 5. The van der Waals surface area contributed by atoms with Crippen LogP contribution in [-0.2, 0) is 24.0 Å². The fraction of sp³-hybridized carbons (Fsp3) is 0.667. The topological polar surface area (TPSA) is 170 Å². The standard InChI is InChI=1S/C15H26N2O6.C12H13N3O2/c1-14(2)5-9(6-15(3,4)16-14)12(13(22)23)17(7-10(18)19)8-11(20)21;16-9-7-8(13-1-2-13)12(17)11(15-5-6-15)10(9)14-3-4-14/h9,12,16H,5-8H2,1-4H3,(H,18,19)(H,20,21)(H,22,23);7H,1-6H2. The van der Waals surface area contributed by atoms with Gasteiger partial charge in [0.25, 0.3) is 0 Å². The van der Waals surface area contributed by atoms with Crippen molar-refractivity contribution in [2.75, 3.05) is 52.4 Å². The molecule has 1 aliphatic carbocycles. The molecule has 4 heterocycles. The van der Waals surface area contributed by atoms with Crippen LogP contribution in [-0.4, -0.2) is 134 Å². The second kappa shape index (κ2) is 10.8. The summed E-state index contributed by atoms with van der Waals surface area (Å²) in [5.74, 6) is -3.98. The largest absolute Gasteiger partial charge is 0.480 e. The lowest BCUT2D eigenvalue weighted by Crippen LogP contribution is -2.62. The minimum Gasteiger partial charge on any atom is -0.480 e. The number of nitrogens with one attached hydrogen (secondary N) is 1. The molecule has 4 saturated heterocycles. The Kier molecular flexibility index (Phi) is 8.01. The van der Waals surface area contributed by atoms with Gasteiger partial charge in [0.05, 0.1) is 18.8 Å². The van der Waals surface area contributed by atoms with Gasteiger partial charge in [0.2, 0.25) is 11.6 Å². The number of carboxylic acids is 3. The van der Waals surface area contributed by atoms with Gasteiger partial charge in [-0.05, 0) is 46.5 Å². The first-order chi connectivity index (χ1) is 18.6. The van der Waals surface area contributed by atoms with E-state index in [1.807, 2.05) is 42.4 Å². The molecule has 0 aromatic carbocycles. The summed E-state index contributed by atoms with van der Waals surface area (Å²) in [6, 6.07) is -1.15. The highest BCUT2D eigenvalue weighted by molar-refractivity contribution is 6.22. The third-order valence-corrected chi connectivity index (χ3v) is 7.48. The van der Waals surface area contributed by atoms with Crippen molar-refractivity contribution in [1.29, 1.82) is 0 Å². The van der Waals surface area contributed by atoms with Crippen molar-refractivity contribution in [3.8, 4) is 0 Å². The second-order valence-corrected chi connectivity index (χ2v) is 12.4. The molecule has 13 nitrogen and oxygen atoms in total. The molecule has 5 aliphatic rings. The van der Waals surface area contributed by atoms with E-state index in [1.54, 1.807) is 0 Å². The van der Waals surface area contributed by atoms with Crippen LogP contribution in [0.1, 0.15) is 40.5 Å². The number of rotatable bonds is 10. The van der Waals surface area contributed by atoms with Gasteiger partial charge in [-0.25, -0.2) is 0 Å². The zero-order chi connectivity index (χ0) is 29.6. The SMILES string of the molecule is CC1(C)CC(C(C(=O)O)N(CC(=O)O)CC(=O)O)CC(C)(C)N1.O=C1C=C(N2CC2)C(=O)C(N2CC2)=C1N1CC1. The minimum absolute atomic E-state index is 0.00546. The molecule has 4 N–H and O–H groups in total. The zero-order valence-corrected chi connectivity index (χ0v) is 23.5. The molecule has 0 saturated carbocycles. The van der Waals surface area contributed by atoms with Gasteiger partial charge in [0.15, 0.2) is 0 Å². The van der Waals surface area contributed by atoms with Crippen molar-refractivity contribution < 1.29 is 39.3 Å². The van der Waals surface area contributed by atoms with E-state index in [0.717, 1.165) is 44.2 Å². The molecule has 4 aliphatic heterocycles. The normalized spacial score (nSPS) is 23.8. The lowest BCUT2D eigenvalue weighted by atomic mass is 9.72. The predicted molar refractivity (Wildman–Crippen MR) is 142 cm³/mol. The molecule has 40 heavy (non-hydrogen) atoms. The number of Topliss-reactive ketones (excluding diaryl/α,β-unsaturated/α-hetero) is 1. The number of ketones is 2. The van der Waals surface area contributed by atoms with Gasteiger partial charge in [-0.1, -0.05) is 0 Å². The molecule has 220 valence electrons. The molecule has 0 aromatic rings. The minimum atomic E-state index is -1.25. The summed E-state index contributed by atoms with van der Waals surface area (Å²) < 4.78 is 0. The Balaban J connectivity index is 0.000000191. The highest BCUT2D eigenvalue weighted by Gasteiger charge is 2.46. The lowest BCUT2D eigenvalue weighted by molar-refractivity contribution is -0.152. The van der Waals surface area contributed by atoms with Gasteiger partial charge in [0, 0.05) is 56.4 Å². The molecule has 0 aromatic heterocycles. The first-order valence-electron chi connectivity index (χ1n) is 13.6. The molecule has 13 heteroatoms. The monoisotopic (exact) mass is 561 g/mol. The Morgan fingerprint density at radius 1 is 0.850 bits per heavy atom. The van der Waals surface area contributed by atoms with Crippen molar-refractivity contribution >= 4 is 29.5 Å². The number of aliphatic carboxylic acids is 3. The lowest BCUT2D eigenvalue weighted by Gasteiger charge is -2.49. The summed E-state index contributed by atoms with van der Waals surface area (Å²) in [5, 5.41) is 31.0. The Morgan fingerprint density at radius 2 is 1.30 bits per heavy atom. The molecule has 0 radical (unpaired) electrons. The van der Waals surface area contributed by atoms with Crippen molar-refractivity contribution in [3.05, 3.63) is 23.2 Å². The van der Waals surface area contributed by atoms with E-state index in [1.165, 1.54) is 6.08 Å². The van der Waals surface area contributed by atoms with Crippen LogP contribution < -0.4 is 5.32 Å². The van der Waals surface area contributed by atoms with Crippen molar-refractivity contribution in [3.63, 3.8) is 0 Å². The van der Waals surface area contributed by atoms with Crippen LogP contribution in [0.3, 0.4) is 0 Å². The van der Waals surface area contributed by atoms with Gasteiger partial charge in [0.1, 0.15) is 17.4 Å². The molecular weight excluding hydrogens is 522 g/mol. The fourth-order valence-electron chi connectivity index (χ4n) is 6.16. The molecule has 4 fully saturated rings. The Morgan fingerprint density at radius 3 is 1.70 bits per heavy atom. The summed E-state index contributed by atoms with van der Waals surface area (Å²) in [4.78, 5) is 65.3. The van der Waals surface area contributed by atoms with Gasteiger partial charge in [-0.15, -0.1) is 0 Å². The molecule has 0 amide bonds. The Labute approximate surface area is 233 Å². The molecule has 1 unspecified atom stereocenters. The number of carbonyl (C=O) groups excluding carboxylic acids is 2. The van der Waals surface area contributed by atoms with Gasteiger partial charge in [-0.2, -0.15) is 0 Å². The maximum Gasteiger partial charge on any atom is 0.321 e. The van der Waals surface area contributed by atoms with Gasteiger partial charge >= 0.3 is 17.9 Å². The summed E-state index contributed by atoms with van der Waals surface area (Å²) in [6.45, 7) is 12.0. The average Bonchev–Trinajstić information content (AvgIpc) is 3.64. The van der Waals surface area contributed by atoms with E-state index in [4.69, 9.17) is 10.2 Å². The third-order valence-electron chi connectivity index (χ3n) is 7.48. The van der Waals surface area contributed by atoms with E-state index in [0.29, 0.717) is 29.9 Å². The van der Waals surface area contributed by atoms with Crippen LogP contribution in [0.2, 0.25) is 0 Å². The molecule has 0 spiro atoms. The number of allylic oxidation sites excluding steroid dienone is 1. The summed E-state index contributed by atoms with van der Waals surface area (Å²) in [6.07, 6.45) is 2.56. The first kappa shape index (κ1) is 29.5. The Hall–Kier alpha value is -3.45. The van der Waals surface area contributed by atoms with Gasteiger partial charge in [-0.3, -0.25) is 28.9 Å². The molecule has 1 atom stereocenters. The highest BCUT2D eigenvalue weighted by atomic mass is 16.4.